The van der Waals surface area contributed by atoms with Crippen molar-refractivity contribution in [3.8, 4) is 0 Å². The van der Waals surface area contributed by atoms with Crippen LogP contribution in [0.15, 0.2) is 29.2 Å². The Labute approximate surface area is 144 Å². The van der Waals surface area contributed by atoms with Crippen LogP contribution in [0.5, 0.6) is 0 Å². The van der Waals surface area contributed by atoms with E-state index in [1.165, 1.54) is 4.90 Å². The number of likely N-dealkylation sites (N-methyl/N-ethyl adjacent to an activating group) is 1. The van der Waals surface area contributed by atoms with Crippen molar-refractivity contribution in [2.45, 2.75) is 31.7 Å². The van der Waals surface area contributed by atoms with Crippen molar-refractivity contribution in [3.63, 3.8) is 0 Å². The summed E-state index contributed by atoms with van der Waals surface area (Å²) in [6.45, 7) is 6.04. The van der Waals surface area contributed by atoms with Crippen molar-refractivity contribution in [1.82, 2.24) is 9.62 Å². The van der Waals surface area contributed by atoms with Crippen LogP contribution in [0.2, 0.25) is 0 Å². The maximum atomic E-state index is 12.1. The molecule has 0 spiro atoms. The van der Waals surface area contributed by atoms with Gasteiger partial charge in [0.25, 0.3) is 0 Å². The molecule has 0 aromatic heterocycles. The van der Waals surface area contributed by atoms with Gasteiger partial charge in [-0.05, 0) is 25.0 Å². The third-order valence-corrected chi connectivity index (χ3v) is 4.93. The summed E-state index contributed by atoms with van der Waals surface area (Å²) in [5, 5.41) is 0. The zero-order chi connectivity index (χ0) is 16.9. The highest BCUT2D eigenvalue weighted by Gasteiger charge is 2.21. The monoisotopic (exact) mass is 363 g/mol. The van der Waals surface area contributed by atoms with Crippen molar-refractivity contribution in [1.29, 1.82) is 0 Å². The van der Waals surface area contributed by atoms with Crippen LogP contribution in [-0.4, -0.2) is 45.4 Å². The number of rotatable bonds is 7. The Hall–Kier alpha value is -1.15. The first-order valence-electron chi connectivity index (χ1n) is 7.22. The van der Waals surface area contributed by atoms with Crippen LogP contribution in [0.3, 0.4) is 0 Å². The molecule has 3 N–H and O–H groups in total. The fraction of sp³-hybridized carbons (Fsp3) is 0.533. The lowest BCUT2D eigenvalue weighted by Crippen LogP contribution is -2.47. The predicted octanol–water partition coefficient (Wildman–Crippen LogP) is 1.14. The van der Waals surface area contributed by atoms with E-state index in [9.17, 15) is 13.2 Å². The summed E-state index contributed by atoms with van der Waals surface area (Å²) in [5.74, 6) is -0.149. The van der Waals surface area contributed by atoms with Crippen LogP contribution in [-0.2, 0) is 14.8 Å². The van der Waals surface area contributed by atoms with Crippen molar-refractivity contribution < 1.29 is 13.2 Å². The van der Waals surface area contributed by atoms with Gasteiger partial charge in [0.1, 0.15) is 0 Å². The molecule has 0 saturated heterocycles. The zero-order valence-corrected chi connectivity index (χ0v) is 15.6. The molecule has 6 nitrogen and oxygen atoms in total. The van der Waals surface area contributed by atoms with E-state index in [0.29, 0.717) is 0 Å². The highest BCUT2D eigenvalue weighted by atomic mass is 35.5. The van der Waals surface area contributed by atoms with Crippen LogP contribution in [0.25, 0.3) is 0 Å². The van der Waals surface area contributed by atoms with Gasteiger partial charge < -0.3 is 10.6 Å². The van der Waals surface area contributed by atoms with Gasteiger partial charge in [0, 0.05) is 20.1 Å². The number of benzene rings is 1. The van der Waals surface area contributed by atoms with Gasteiger partial charge >= 0.3 is 0 Å². The van der Waals surface area contributed by atoms with Gasteiger partial charge in [0.05, 0.1) is 10.9 Å². The predicted molar refractivity (Wildman–Crippen MR) is 94.1 cm³/mol. The number of nitrogens with two attached hydrogens (primary N) is 1. The molecule has 0 aliphatic heterocycles. The van der Waals surface area contributed by atoms with E-state index in [1.54, 1.807) is 31.3 Å². The molecule has 1 atom stereocenters. The number of halogens is 1. The molecule has 23 heavy (non-hydrogen) atoms. The summed E-state index contributed by atoms with van der Waals surface area (Å²) in [6, 6.07) is 6.03. The third kappa shape index (κ3) is 6.47. The highest BCUT2D eigenvalue weighted by Crippen LogP contribution is 2.09. The fourth-order valence-corrected chi connectivity index (χ4v) is 2.82. The number of hydrogen-bond donors (Lipinski definition) is 2. The van der Waals surface area contributed by atoms with Crippen molar-refractivity contribution in [2.24, 2.45) is 11.7 Å². The molecular weight excluding hydrogens is 338 g/mol. The van der Waals surface area contributed by atoms with Crippen molar-refractivity contribution in [3.05, 3.63) is 29.8 Å². The average Bonchev–Trinajstić information content (AvgIpc) is 2.45. The molecule has 1 rings (SSSR count). The lowest BCUT2D eigenvalue weighted by molar-refractivity contribution is -0.132. The number of hydrogen-bond acceptors (Lipinski definition) is 4. The second-order valence-corrected chi connectivity index (χ2v) is 7.51. The SMILES string of the molecule is Cc1ccc(S(=O)(=O)NCCN(C)C(=O)[C@@H](N)C(C)C)cc1.Cl. The van der Waals surface area contributed by atoms with Crippen LogP contribution in [0.1, 0.15) is 19.4 Å². The fourth-order valence-electron chi connectivity index (χ4n) is 1.80. The lowest BCUT2D eigenvalue weighted by Gasteiger charge is -2.23. The number of sulfonamides is 1. The van der Waals surface area contributed by atoms with Crippen molar-refractivity contribution in [2.75, 3.05) is 20.1 Å². The van der Waals surface area contributed by atoms with Gasteiger partial charge in [0.2, 0.25) is 15.9 Å². The van der Waals surface area contributed by atoms with E-state index in [1.807, 2.05) is 20.8 Å². The van der Waals surface area contributed by atoms with Gasteiger partial charge in [-0.1, -0.05) is 31.5 Å². The molecular formula is C15H26ClN3O3S. The Morgan fingerprint density at radius 2 is 1.78 bits per heavy atom. The first kappa shape index (κ1) is 21.9. The molecule has 132 valence electrons. The van der Waals surface area contributed by atoms with Gasteiger partial charge in [-0.2, -0.15) is 0 Å². The summed E-state index contributed by atoms with van der Waals surface area (Å²) < 4.78 is 26.7. The van der Waals surface area contributed by atoms with Crippen molar-refractivity contribution >= 4 is 28.3 Å². The molecule has 0 fully saturated rings. The first-order valence-corrected chi connectivity index (χ1v) is 8.70. The third-order valence-electron chi connectivity index (χ3n) is 3.45. The van der Waals surface area contributed by atoms with Crippen LogP contribution < -0.4 is 10.5 Å². The van der Waals surface area contributed by atoms with E-state index >= 15 is 0 Å². The van der Waals surface area contributed by atoms with Gasteiger partial charge in [-0.3, -0.25) is 4.79 Å². The maximum absolute atomic E-state index is 12.1. The minimum Gasteiger partial charge on any atom is -0.343 e. The van der Waals surface area contributed by atoms with Crippen LogP contribution in [0.4, 0.5) is 0 Å². The Bertz CT molecular complexity index is 603. The summed E-state index contributed by atoms with van der Waals surface area (Å²) >= 11 is 0. The normalized spacial score (nSPS) is 12.6. The number of aryl methyl sites for hydroxylation is 1. The van der Waals surface area contributed by atoms with E-state index in [0.717, 1.165) is 5.56 Å². The summed E-state index contributed by atoms with van der Waals surface area (Å²) in [6.07, 6.45) is 0. The highest BCUT2D eigenvalue weighted by molar-refractivity contribution is 7.89. The number of carbonyl (C=O) groups excluding carboxylic acids is 1. The maximum Gasteiger partial charge on any atom is 0.240 e. The minimum absolute atomic E-state index is 0. The van der Waals surface area contributed by atoms with E-state index < -0.39 is 16.1 Å². The van der Waals surface area contributed by atoms with E-state index in [-0.39, 0.29) is 42.2 Å². The number of carbonyl (C=O) groups is 1. The molecule has 0 saturated carbocycles. The van der Waals surface area contributed by atoms with Gasteiger partial charge in [-0.15, -0.1) is 12.4 Å². The number of nitrogens with zero attached hydrogens (tertiary/aromatic N) is 1. The van der Waals surface area contributed by atoms with E-state index in [2.05, 4.69) is 4.72 Å². The molecule has 0 bridgehead atoms. The molecule has 0 unspecified atom stereocenters. The summed E-state index contributed by atoms with van der Waals surface area (Å²) in [4.78, 5) is 13.6. The largest absolute Gasteiger partial charge is 0.343 e. The minimum atomic E-state index is -3.55. The topological polar surface area (TPSA) is 92.5 Å². The van der Waals surface area contributed by atoms with E-state index in [4.69, 9.17) is 5.73 Å². The molecule has 8 heteroatoms. The summed E-state index contributed by atoms with van der Waals surface area (Å²) in [5.41, 5.74) is 6.79. The Balaban J connectivity index is 0.00000484. The quantitative estimate of drug-likeness (QED) is 0.759. The number of nitrogens with one attached hydrogen (secondary N) is 1. The molecule has 1 aromatic rings. The molecule has 0 heterocycles. The first-order chi connectivity index (χ1) is 10.1. The van der Waals surface area contributed by atoms with Gasteiger partial charge in [0.15, 0.2) is 0 Å². The average molecular weight is 364 g/mol. The Morgan fingerprint density at radius 3 is 2.26 bits per heavy atom. The second-order valence-electron chi connectivity index (χ2n) is 5.74. The van der Waals surface area contributed by atoms with Crippen LogP contribution in [0, 0.1) is 12.8 Å². The number of amides is 1. The second kappa shape index (κ2) is 9.22. The zero-order valence-electron chi connectivity index (χ0n) is 13.9. The molecule has 1 aromatic carbocycles. The lowest BCUT2D eigenvalue weighted by atomic mass is 10.0. The Kier molecular flexibility index (Phi) is 8.76. The Morgan fingerprint density at radius 1 is 1.26 bits per heavy atom. The molecule has 1 amide bonds. The van der Waals surface area contributed by atoms with Crippen LogP contribution >= 0.6 is 12.4 Å². The molecule has 0 aliphatic carbocycles. The van der Waals surface area contributed by atoms with Gasteiger partial charge in [-0.25, -0.2) is 13.1 Å². The smallest absolute Gasteiger partial charge is 0.240 e. The standard InChI is InChI=1S/C15H25N3O3S.ClH/c1-11(2)14(16)15(19)18(4)10-9-17-22(20,21)13-7-5-12(3)6-8-13;/h5-8,11,14,17H,9-10,16H2,1-4H3;1H/t14-;/m0./s1. The molecule has 0 radical (unpaired) electrons. The molecule has 0 aliphatic rings. The summed E-state index contributed by atoms with van der Waals surface area (Å²) in [7, 11) is -1.94.